The quantitative estimate of drug-likeness (QED) is 0.517. The average Bonchev–Trinajstić information content (AvgIpc) is 3.32. The van der Waals surface area contributed by atoms with Gasteiger partial charge in [-0.3, -0.25) is 0 Å². The van der Waals surface area contributed by atoms with E-state index in [0.717, 1.165) is 19.3 Å². The molecule has 2 aromatic rings. The normalized spacial score (nSPS) is 17.4. The molecule has 3 aliphatic rings. The molecule has 0 saturated heterocycles. The number of hydrogen-bond acceptors (Lipinski definition) is 0. The molecule has 0 spiro atoms. The molecule has 0 aromatic heterocycles. The standard InChI is InChI=1S/C29H30/c1-19-8-6-9-20(2)29(19)21(3)14-24-12-7-13-28(24)27-17-25-15-22-10-4-5-11-23(22)16-26(25)18-27/h6,8-9,12-13,15-17H,3-5,7,10-11,14,18H2,1-2H3. The predicted molar refractivity (Wildman–Crippen MR) is 125 cm³/mol. The van der Waals surface area contributed by atoms with Gasteiger partial charge in [-0.15, -0.1) is 0 Å². The zero-order valence-electron chi connectivity index (χ0n) is 17.8. The first-order valence-corrected chi connectivity index (χ1v) is 11.1. The second kappa shape index (κ2) is 7.34. The van der Waals surface area contributed by atoms with E-state index in [1.54, 1.807) is 11.1 Å². The van der Waals surface area contributed by atoms with Crippen molar-refractivity contribution in [1.82, 2.24) is 0 Å². The van der Waals surface area contributed by atoms with Gasteiger partial charge in [-0.05, 0) is 120 Å². The highest BCUT2D eigenvalue weighted by Crippen LogP contribution is 2.40. The summed E-state index contributed by atoms with van der Waals surface area (Å²) in [4.78, 5) is 0. The van der Waals surface area contributed by atoms with Crippen molar-refractivity contribution >= 4 is 11.6 Å². The van der Waals surface area contributed by atoms with E-state index < -0.39 is 0 Å². The third kappa shape index (κ3) is 3.35. The van der Waals surface area contributed by atoms with Gasteiger partial charge in [0.1, 0.15) is 0 Å². The van der Waals surface area contributed by atoms with Crippen LogP contribution in [0, 0.1) is 13.8 Å². The van der Waals surface area contributed by atoms with Crippen LogP contribution in [0.1, 0.15) is 64.6 Å². The molecule has 0 saturated carbocycles. The Morgan fingerprint density at radius 2 is 1.66 bits per heavy atom. The molecular weight excluding hydrogens is 348 g/mol. The zero-order valence-corrected chi connectivity index (χ0v) is 17.8. The van der Waals surface area contributed by atoms with Gasteiger partial charge in [0.05, 0.1) is 0 Å². The molecule has 0 fully saturated rings. The lowest BCUT2D eigenvalue weighted by atomic mass is 9.88. The summed E-state index contributed by atoms with van der Waals surface area (Å²) in [6, 6.07) is 11.5. The van der Waals surface area contributed by atoms with Gasteiger partial charge in [0.15, 0.2) is 0 Å². The van der Waals surface area contributed by atoms with Crippen LogP contribution in [0.4, 0.5) is 0 Å². The van der Waals surface area contributed by atoms with Gasteiger partial charge in [0, 0.05) is 0 Å². The smallest absolute Gasteiger partial charge is 0.00136 e. The lowest BCUT2D eigenvalue weighted by molar-refractivity contribution is 0.684. The SMILES string of the molecule is C=C(CC1=CCC=C1C1=Cc2cc3c(cc2C1)CCCC3)c1c(C)cccc1C. The monoisotopic (exact) mass is 378 g/mol. The molecule has 0 heteroatoms. The molecule has 29 heavy (non-hydrogen) atoms. The minimum atomic E-state index is 0.946. The summed E-state index contributed by atoms with van der Waals surface area (Å²) in [5, 5.41) is 0. The largest absolute Gasteiger partial charge is 0.0949 e. The summed E-state index contributed by atoms with van der Waals surface area (Å²) < 4.78 is 0. The van der Waals surface area contributed by atoms with E-state index in [2.05, 4.69) is 69.0 Å². The Morgan fingerprint density at radius 3 is 2.41 bits per heavy atom. The minimum Gasteiger partial charge on any atom is -0.0949 e. The summed E-state index contributed by atoms with van der Waals surface area (Å²) >= 11 is 0. The molecule has 0 amide bonds. The Bertz CT molecular complexity index is 1080. The number of hydrogen-bond donors (Lipinski definition) is 0. The minimum absolute atomic E-state index is 0.946. The molecule has 0 unspecified atom stereocenters. The molecule has 0 bridgehead atoms. The highest BCUT2D eigenvalue weighted by atomic mass is 14.3. The number of benzene rings is 2. The summed E-state index contributed by atoms with van der Waals surface area (Å²) in [6.07, 6.45) is 15.6. The zero-order chi connectivity index (χ0) is 20.0. The van der Waals surface area contributed by atoms with E-state index in [9.17, 15) is 0 Å². The van der Waals surface area contributed by atoms with Crippen LogP contribution in [-0.2, 0) is 19.3 Å². The van der Waals surface area contributed by atoms with Crippen molar-refractivity contribution in [1.29, 1.82) is 0 Å². The van der Waals surface area contributed by atoms with E-state index >= 15 is 0 Å². The van der Waals surface area contributed by atoms with E-state index in [-0.39, 0.29) is 0 Å². The second-order valence-corrected chi connectivity index (χ2v) is 9.00. The fourth-order valence-corrected chi connectivity index (χ4v) is 5.52. The maximum atomic E-state index is 4.48. The summed E-state index contributed by atoms with van der Waals surface area (Å²) in [6.45, 7) is 8.87. The molecule has 0 atom stereocenters. The number of aryl methyl sites for hydroxylation is 4. The number of fused-ring (bicyclic) bond motifs is 2. The Balaban J connectivity index is 1.38. The third-order valence-electron chi connectivity index (χ3n) is 6.93. The highest BCUT2D eigenvalue weighted by Gasteiger charge is 2.23. The van der Waals surface area contributed by atoms with E-state index in [4.69, 9.17) is 0 Å². The Morgan fingerprint density at radius 1 is 0.931 bits per heavy atom. The molecule has 0 N–H and O–H groups in total. The summed E-state index contributed by atoms with van der Waals surface area (Å²) in [7, 11) is 0. The number of allylic oxidation sites excluding steroid dienone is 6. The highest BCUT2D eigenvalue weighted by molar-refractivity contribution is 5.76. The third-order valence-corrected chi connectivity index (χ3v) is 6.93. The molecular formula is C29H30. The van der Waals surface area contributed by atoms with Gasteiger partial charge in [0.2, 0.25) is 0 Å². The number of rotatable bonds is 4. The fraction of sp³-hybridized carbons (Fsp3) is 0.310. The molecule has 0 nitrogen and oxygen atoms in total. The average molecular weight is 379 g/mol. The van der Waals surface area contributed by atoms with Crippen LogP contribution in [0.15, 0.2) is 65.8 Å². The van der Waals surface area contributed by atoms with Crippen LogP contribution in [0.5, 0.6) is 0 Å². The first-order valence-electron chi connectivity index (χ1n) is 11.1. The molecule has 5 rings (SSSR count). The van der Waals surface area contributed by atoms with Crippen LogP contribution < -0.4 is 0 Å². The molecule has 2 aromatic carbocycles. The van der Waals surface area contributed by atoms with E-state index in [1.165, 1.54) is 75.8 Å². The van der Waals surface area contributed by atoms with Gasteiger partial charge in [-0.2, -0.15) is 0 Å². The second-order valence-electron chi connectivity index (χ2n) is 9.00. The topological polar surface area (TPSA) is 0 Å². The van der Waals surface area contributed by atoms with Gasteiger partial charge in [0.25, 0.3) is 0 Å². The van der Waals surface area contributed by atoms with Crippen molar-refractivity contribution in [2.75, 3.05) is 0 Å². The fourth-order valence-electron chi connectivity index (χ4n) is 5.52. The molecule has 0 radical (unpaired) electrons. The maximum Gasteiger partial charge on any atom is -0.00136 e. The lowest BCUT2D eigenvalue weighted by Gasteiger charge is -2.17. The molecule has 146 valence electrons. The Labute approximate surface area is 175 Å². The van der Waals surface area contributed by atoms with Crippen LogP contribution in [0.3, 0.4) is 0 Å². The van der Waals surface area contributed by atoms with Gasteiger partial charge in [-0.25, -0.2) is 0 Å². The van der Waals surface area contributed by atoms with E-state index in [0.29, 0.717) is 0 Å². The van der Waals surface area contributed by atoms with E-state index in [1.807, 2.05) is 0 Å². The van der Waals surface area contributed by atoms with Crippen LogP contribution in [0.2, 0.25) is 0 Å². The first kappa shape index (κ1) is 18.4. The molecule has 0 heterocycles. The van der Waals surface area contributed by atoms with Crippen molar-refractivity contribution in [3.05, 3.63) is 105 Å². The van der Waals surface area contributed by atoms with Crippen LogP contribution in [-0.4, -0.2) is 0 Å². The van der Waals surface area contributed by atoms with Crippen LogP contribution in [0.25, 0.3) is 11.6 Å². The summed E-state index contributed by atoms with van der Waals surface area (Å²) in [5.41, 5.74) is 15.9. The Kier molecular flexibility index (Phi) is 4.66. The van der Waals surface area contributed by atoms with Crippen molar-refractivity contribution in [2.24, 2.45) is 0 Å². The van der Waals surface area contributed by atoms with Gasteiger partial charge < -0.3 is 0 Å². The van der Waals surface area contributed by atoms with Gasteiger partial charge >= 0.3 is 0 Å². The predicted octanol–water partition coefficient (Wildman–Crippen LogP) is 7.48. The van der Waals surface area contributed by atoms with Crippen molar-refractivity contribution in [3.63, 3.8) is 0 Å². The first-order chi connectivity index (χ1) is 14.1. The molecule has 3 aliphatic carbocycles. The van der Waals surface area contributed by atoms with Crippen molar-refractivity contribution in [3.8, 4) is 0 Å². The van der Waals surface area contributed by atoms with Gasteiger partial charge in [-0.1, -0.05) is 55.1 Å². The van der Waals surface area contributed by atoms with Crippen LogP contribution >= 0.6 is 0 Å². The molecule has 0 aliphatic heterocycles. The lowest BCUT2D eigenvalue weighted by Crippen LogP contribution is -2.04. The maximum absolute atomic E-state index is 4.48. The van der Waals surface area contributed by atoms with Crippen molar-refractivity contribution < 1.29 is 0 Å². The Hall–Kier alpha value is -2.60. The summed E-state index contributed by atoms with van der Waals surface area (Å²) in [5.74, 6) is 0. The van der Waals surface area contributed by atoms with Crippen molar-refractivity contribution in [2.45, 2.75) is 58.8 Å².